The molecule has 8 atom stereocenters. The third-order valence-corrected chi connectivity index (χ3v) is 8.71. The molecule has 2 bridgehead atoms. The van der Waals surface area contributed by atoms with Crippen LogP contribution in [0, 0.1) is 39.9 Å². The summed E-state index contributed by atoms with van der Waals surface area (Å²) >= 11 is 0. The normalized spacial score (nSPS) is 56.5. The number of allylic oxidation sites excluding steroid dienone is 1. The first-order valence-electron chi connectivity index (χ1n) is 9.66. The van der Waals surface area contributed by atoms with Gasteiger partial charge < -0.3 is 10.2 Å². The van der Waals surface area contributed by atoms with Crippen molar-refractivity contribution in [2.24, 2.45) is 39.9 Å². The molecule has 0 aromatic heterocycles. The van der Waals surface area contributed by atoms with E-state index < -0.39 is 0 Å². The van der Waals surface area contributed by atoms with E-state index in [1.165, 1.54) is 19.3 Å². The van der Waals surface area contributed by atoms with Crippen molar-refractivity contribution in [2.45, 2.75) is 72.3 Å². The standard InChI is InChI=1S/C21H36O2/c1-6-19(4)11-15(3)21-9-7-14(2)20(5,17(23)12-19)18(21)16(13-22)8-10-21/h6,14-18,22-23H,1,7-13H2,2-5H3/t14-,15-,16+,17-,18?,19+,20+,21+/m1/s1. The molecule has 0 aliphatic heterocycles. The van der Waals surface area contributed by atoms with Gasteiger partial charge in [-0.15, -0.1) is 6.58 Å². The summed E-state index contributed by atoms with van der Waals surface area (Å²) in [6.45, 7) is 13.8. The highest BCUT2D eigenvalue weighted by molar-refractivity contribution is 5.15. The number of aliphatic hydroxyl groups excluding tert-OH is 2. The fourth-order valence-electron chi connectivity index (χ4n) is 7.10. The summed E-state index contributed by atoms with van der Waals surface area (Å²) in [5.41, 5.74) is 0.244. The maximum atomic E-state index is 11.3. The summed E-state index contributed by atoms with van der Waals surface area (Å²) in [7, 11) is 0. The van der Waals surface area contributed by atoms with Crippen molar-refractivity contribution in [1.82, 2.24) is 0 Å². The summed E-state index contributed by atoms with van der Waals surface area (Å²) in [4.78, 5) is 0. The first-order valence-corrected chi connectivity index (χ1v) is 9.66. The first-order chi connectivity index (χ1) is 10.7. The second kappa shape index (κ2) is 5.59. The predicted octanol–water partition coefficient (Wildman–Crippen LogP) is 4.41. The molecule has 0 heterocycles. The molecule has 2 heteroatoms. The molecule has 0 amide bonds. The molecular formula is C21H36O2. The van der Waals surface area contributed by atoms with E-state index >= 15 is 0 Å². The molecule has 3 aliphatic carbocycles. The molecule has 3 fully saturated rings. The van der Waals surface area contributed by atoms with Crippen molar-refractivity contribution in [3.63, 3.8) is 0 Å². The maximum Gasteiger partial charge on any atom is 0.0607 e. The Hall–Kier alpha value is -0.340. The van der Waals surface area contributed by atoms with E-state index in [9.17, 15) is 10.2 Å². The monoisotopic (exact) mass is 320 g/mol. The predicted molar refractivity (Wildman–Crippen MR) is 94.9 cm³/mol. The van der Waals surface area contributed by atoms with Crippen molar-refractivity contribution >= 4 is 0 Å². The molecule has 3 saturated carbocycles. The molecule has 3 rings (SSSR count). The van der Waals surface area contributed by atoms with Crippen LogP contribution in [0.4, 0.5) is 0 Å². The van der Waals surface area contributed by atoms with Gasteiger partial charge in [0.05, 0.1) is 6.10 Å². The first kappa shape index (κ1) is 17.5. The Morgan fingerprint density at radius 3 is 2.35 bits per heavy atom. The Labute approximate surface area is 142 Å². The molecule has 0 saturated heterocycles. The molecule has 2 nitrogen and oxygen atoms in total. The summed E-state index contributed by atoms with van der Waals surface area (Å²) < 4.78 is 0. The van der Waals surface area contributed by atoms with Gasteiger partial charge in [-0.05, 0) is 78.4 Å². The van der Waals surface area contributed by atoms with Crippen molar-refractivity contribution in [2.75, 3.05) is 6.61 Å². The zero-order valence-electron chi connectivity index (χ0n) is 15.5. The van der Waals surface area contributed by atoms with Crippen LogP contribution < -0.4 is 0 Å². The van der Waals surface area contributed by atoms with E-state index in [-0.39, 0.29) is 23.5 Å². The third-order valence-electron chi connectivity index (χ3n) is 8.71. The Balaban J connectivity index is 2.14. The molecule has 0 aromatic rings. The van der Waals surface area contributed by atoms with Gasteiger partial charge in [-0.25, -0.2) is 0 Å². The van der Waals surface area contributed by atoms with Gasteiger partial charge in [-0.3, -0.25) is 0 Å². The second-order valence-electron chi connectivity index (χ2n) is 9.68. The summed E-state index contributed by atoms with van der Waals surface area (Å²) in [5, 5.41) is 21.4. The Morgan fingerprint density at radius 1 is 1.09 bits per heavy atom. The van der Waals surface area contributed by atoms with Gasteiger partial charge in [0.15, 0.2) is 0 Å². The van der Waals surface area contributed by atoms with Crippen LogP contribution in [0.5, 0.6) is 0 Å². The molecule has 3 aliphatic rings. The average Bonchev–Trinajstić information content (AvgIpc) is 2.91. The number of aliphatic hydroxyl groups is 2. The molecule has 23 heavy (non-hydrogen) atoms. The van der Waals surface area contributed by atoms with E-state index in [4.69, 9.17) is 0 Å². The van der Waals surface area contributed by atoms with Gasteiger partial charge in [0.1, 0.15) is 0 Å². The van der Waals surface area contributed by atoms with Gasteiger partial charge in [0.2, 0.25) is 0 Å². The van der Waals surface area contributed by atoms with Crippen molar-refractivity contribution in [1.29, 1.82) is 0 Å². The number of hydrogen-bond acceptors (Lipinski definition) is 2. The molecular weight excluding hydrogens is 284 g/mol. The highest BCUT2D eigenvalue weighted by atomic mass is 16.3. The topological polar surface area (TPSA) is 40.5 Å². The van der Waals surface area contributed by atoms with Gasteiger partial charge in [-0.1, -0.05) is 33.8 Å². The van der Waals surface area contributed by atoms with Crippen molar-refractivity contribution < 1.29 is 10.2 Å². The van der Waals surface area contributed by atoms with Gasteiger partial charge >= 0.3 is 0 Å². The SMILES string of the molecule is C=C[C@@]1(C)C[C@@H](C)[C@]23CC[C@@H](CO)C2[C@@](C)([C@H](C)CC3)[C@H](O)C1. The number of rotatable bonds is 2. The highest BCUT2D eigenvalue weighted by Gasteiger charge is 2.65. The Morgan fingerprint density at radius 2 is 1.74 bits per heavy atom. The molecule has 132 valence electrons. The van der Waals surface area contributed by atoms with Crippen LogP contribution in [0.3, 0.4) is 0 Å². The van der Waals surface area contributed by atoms with E-state index in [1.54, 1.807) is 0 Å². The minimum atomic E-state index is -0.301. The zero-order valence-corrected chi connectivity index (χ0v) is 15.5. The molecule has 1 unspecified atom stereocenters. The van der Waals surface area contributed by atoms with Crippen LogP contribution >= 0.6 is 0 Å². The van der Waals surface area contributed by atoms with Crippen LogP contribution in [0.25, 0.3) is 0 Å². The van der Waals surface area contributed by atoms with Crippen molar-refractivity contribution in [3.05, 3.63) is 12.7 Å². The average molecular weight is 321 g/mol. The second-order valence-corrected chi connectivity index (χ2v) is 9.68. The lowest BCUT2D eigenvalue weighted by molar-refractivity contribution is -0.174. The lowest BCUT2D eigenvalue weighted by atomic mass is 9.43. The Bertz CT molecular complexity index is 474. The van der Waals surface area contributed by atoms with Crippen molar-refractivity contribution in [3.8, 4) is 0 Å². The minimum Gasteiger partial charge on any atom is -0.396 e. The van der Waals surface area contributed by atoms with Gasteiger partial charge in [0, 0.05) is 6.61 Å². The molecule has 0 spiro atoms. The fraction of sp³-hybridized carbons (Fsp3) is 0.905. The minimum absolute atomic E-state index is 0.0203. The lowest BCUT2D eigenvalue weighted by Crippen LogP contribution is -2.59. The van der Waals surface area contributed by atoms with Crippen LogP contribution in [0.2, 0.25) is 0 Å². The third kappa shape index (κ3) is 2.28. The quantitative estimate of drug-likeness (QED) is 0.740. The molecule has 2 N–H and O–H groups in total. The van der Waals surface area contributed by atoms with E-state index in [0.29, 0.717) is 29.1 Å². The van der Waals surface area contributed by atoms with E-state index in [0.717, 1.165) is 19.3 Å². The van der Waals surface area contributed by atoms with Crippen LogP contribution in [0.1, 0.15) is 66.2 Å². The van der Waals surface area contributed by atoms with E-state index in [2.05, 4.69) is 40.3 Å². The Kier molecular flexibility index (Phi) is 4.25. The highest BCUT2D eigenvalue weighted by Crippen LogP contribution is 2.69. The van der Waals surface area contributed by atoms with Crippen LogP contribution in [-0.4, -0.2) is 22.9 Å². The van der Waals surface area contributed by atoms with E-state index in [1.807, 2.05) is 0 Å². The zero-order chi connectivity index (χ0) is 17.0. The maximum absolute atomic E-state index is 11.3. The fourth-order valence-corrected chi connectivity index (χ4v) is 7.10. The lowest BCUT2D eigenvalue weighted by Gasteiger charge is -2.62. The summed E-state index contributed by atoms with van der Waals surface area (Å²) in [6, 6.07) is 0. The largest absolute Gasteiger partial charge is 0.396 e. The number of hydrogen-bond donors (Lipinski definition) is 2. The molecule has 0 radical (unpaired) electrons. The van der Waals surface area contributed by atoms with Crippen LogP contribution in [-0.2, 0) is 0 Å². The molecule has 0 aromatic carbocycles. The van der Waals surface area contributed by atoms with Gasteiger partial charge in [-0.2, -0.15) is 0 Å². The smallest absolute Gasteiger partial charge is 0.0607 e. The summed E-state index contributed by atoms with van der Waals surface area (Å²) in [5.74, 6) is 1.98. The van der Waals surface area contributed by atoms with Crippen LogP contribution in [0.15, 0.2) is 12.7 Å². The summed E-state index contributed by atoms with van der Waals surface area (Å²) in [6.07, 6.45) is 8.57. The van der Waals surface area contributed by atoms with Gasteiger partial charge in [0.25, 0.3) is 0 Å².